The quantitative estimate of drug-likeness (QED) is 0.792. The first kappa shape index (κ1) is 11.0. The summed E-state index contributed by atoms with van der Waals surface area (Å²) in [7, 11) is 0. The van der Waals surface area contributed by atoms with Crippen LogP contribution in [0.25, 0.3) is 0 Å². The molecule has 0 N–H and O–H groups in total. The Morgan fingerprint density at radius 2 is 2.22 bits per heavy atom. The summed E-state index contributed by atoms with van der Waals surface area (Å²) in [6, 6.07) is 3.30. The molecule has 1 aliphatic rings. The Bertz CT molecular complexity index is 568. The Labute approximate surface area is 107 Å². The molecule has 0 saturated carbocycles. The largest absolute Gasteiger partial charge is 0.487 e. The highest BCUT2D eigenvalue weighted by atomic mass is 32.1. The molecule has 1 aromatic heterocycles. The molecule has 0 amide bonds. The second-order valence-electron chi connectivity index (χ2n) is 3.62. The molecule has 0 unspecified atom stereocenters. The van der Waals surface area contributed by atoms with Gasteiger partial charge in [0, 0.05) is 12.3 Å². The lowest BCUT2D eigenvalue weighted by Gasteiger charge is -2.08. The highest BCUT2D eigenvalue weighted by molar-refractivity contribution is 7.09. The van der Waals surface area contributed by atoms with Gasteiger partial charge in [0.05, 0.1) is 16.0 Å². The zero-order valence-electron chi connectivity index (χ0n) is 9.29. The molecule has 2 aromatic rings. The number of aromatic nitrogens is 1. The number of benzene rings is 1. The molecule has 0 spiro atoms. The van der Waals surface area contributed by atoms with E-state index in [0.29, 0.717) is 29.4 Å². The van der Waals surface area contributed by atoms with Crippen LogP contribution in [0.2, 0.25) is 0 Å². The average Bonchev–Trinajstić information content (AvgIpc) is 3.05. The van der Waals surface area contributed by atoms with Gasteiger partial charge in [0.15, 0.2) is 17.8 Å². The lowest BCUT2D eigenvalue weighted by molar-refractivity contribution is 0.111. The molecule has 0 fully saturated rings. The molecule has 5 nitrogen and oxygen atoms in total. The van der Waals surface area contributed by atoms with Gasteiger partial charge in [-0.05, 0) is 6.07 Å². The van der Waals surface area contributed by atoms with Crippen molar-refractivity contribution >= 4 is 17.6 Å². The fourth-order valence-corrected chi connectivity index (χ4v) is 2.12. The van der Waals surface area contributed by atoms with Crippen molar-refractivity contribution in [2.24, 2.45) is 0 Å². The van der Waals surface area contributed by atoms with Crippen molar-refractivity contribution < 1.29 is 19.0 Å². The molecule has 92 valence electrons. The molecule has 3 rings (SSSR count). The second-order valence-corrected chi connectivity index (χ2v) is 4.59. The number of rotatable bonds is 4. The molecule has 0 aliphatic carbocycles. The van der Waals surface area contributed by atoms with E-state index in [2.05, 4.69) is 4.98 Å². The molecule has 0 atom stereocenters. The van der Waals surface area contributed by atoms with Crippen molar-refractivity contribution in [3.05, 3.63) is 34.3 Å². The van der Waals surface area contributed by atoms with Crippen molar-refractivity contribution in [2.45, 2.75) is 6.61 Å². The Morgan fingerprint density at radius 3 is 2.94 bits per heavy atom. The SMILES string of the molecule is O=Cc1cc2c(cc1OCc1cncs1)OCO2. The maximum atomic E-state index is 11.0. The molecule has 2 heterocycles. The Hall–Kier alpha value is -2.08. The molecule has 1 aromatic carbocycles. The Balaban J connectivity index is 1.84. The van der Waals surface area contributed by atoms with Crippen LogP contribution in [0.15, 0.2) is 23.8 Å². The van der Waals surface area contributed by atoms with Crippen LogP contribution in [0.3, 0.4) is 0 Å². The zero-order chi connectivity index (χ0) is 12.4. The molecule has 6 heteroatoms. The minimum absolute atomic E-state index is 0.173. The minimum atomic E-state index is 0.173. The first-order chi connectivity index (χ1) is 8.86. The minimum Gasteiger partial charge on any atom is -0.487 e. The average molecular weight is 263 g/mol. The van der Waals surface area contributed by atoms with Gasteiger partial charge in [-0.25, -0.2) is 0 Å². The molecule has 1 aliphatic heterocycles. The molecule has 18 heavy (non-hydrogen) atoms. The van der Waals surface area contributed by atoms with Crippen LogP contribution in [0.4, 0.5) is 0 Å². The van der Waals surface area contributed by atoms with Crippen molar-refractivity contribution in [1.82, 2.24) is 4.98 Å². The predicted octanol–water partition coefficient (Wildman–Crippen LogP) is 2.26. The number of thiazole rings is 1. The zero-order valence-corrected chi connectivity index (χ0v) is 10.1. The first-order valence-corrected chi connectivity index (χ1v) is 6.14. The maximum Gasteiger partial charge on any atom is 0.231 e. The van der Waals surface area contributed by atoms with Crippen LogP contribution < -0.4 is 14.2 Å². The second kappa shape index (κ2) is 4.66. The van der Waals surface area contributed by atoms with E-state index in [1.807, 2.05) is 0 Å². The van der Waals surface area contributed by atoms with Gasteiger partial charge in [-0.3, -0.25) is 9.78 Å². The number of fused-ring (bicyclic) bond motifs is 1. The number of aldehydes is 1. The van der Waals surface area contributed by atoms with Crippen LogP contribution in [-0.4, -0.2) is 18.1 Å². The van der Waals surface area contributed by atoms with Crippen molar-refractivity contribution in [2.75, 3.05) is 6.79 Å². The van der Waals surface area contributed by atoms with Gasteiger partial charge >= 0.3 is 0 Å². The number of hydrogen-bond acceptors (Lipinski definition) is 6. The predicted molar refractivity (Wildman–Crippen MR) is 64.4 cm³/mol. The van der Waals surface area contributed by atoms with Gasteiger partial charge in [-0.1, -0.05) is 0 Å². The van der Waals surface area contributed by atoms with E-state index in [1.165, 1.54) is 11.3 Å². The topological polar surface area (TPSA) is 57.7 Å². The molecule has 0 radical (unpaired) electrons. The number of hydrogen-bond donors (Lipinski definition) is 0. The maximum absolute atomic E-state index is 11.0. The van der Waals surface area contributed by atoms with Crippen LogP contribution >= 0.6 is 11.3 Å². The van der Waals surface area contributed by atoms with Crippen LogP contribution in [0.5, 0.6) is 17.2 Å². The number of carbonyl (C=O) groups is 1. The van der Waals surface area contributed by atoms with Crippen LogP contribution in [0, 0.1) is 0 Å². The van der Waals surface area contributed by atoms with Crippen LogP contribution in [0.1, 0.15) is 15.2 Å². The molecular weight excluding hydrogens is 254 g/mol. The van der Waals surface area contributed by atoms with E-state index in [0.717, 1.165) is 11.2 Å². The van der Waals surface area contributed by atoms with E-state index in [-0.39, 0.29) is 6.79 Å². The van der Waals surface area contributed by atoms with Crippen LogP contribution in [-0.2, 0) is 6.61 Å². The Morgan fingerprint density at radius 1 is 1.39 bits per heavy atom. The Kier molecular flexibility index (Phi) is 2.85. The highest BCUT2D eigenvalue weighted by Gasteiger charge is 2.17. The normalized spacial score (nSPS) is 12.4. The number of ether oxygens (including phenoxy) is 3. The van der Waals surface area contributed by atoms with E-state index in [1.54, 1.807) is 23.8 Å². The van der Waals surface area contributed by atoms with Gasteiger partial charge < -0.3 is 14.2 Å². The molecule has 0 saturated heterocycles. The van der Waals surface area contributed by atoms with Crippen molar-refractivity contribution in [3.8, 4) is 17.2 Å². The third-order valence-electron chi connectivity index (χ3n) is 2.49. The summed E-state index contributed by atoms with van der Waals surface area (Å²) in [5, 5.41) is 0. The van der Waals surface area contributed by atoms with E-state index in [4.69, 9.17) is 14.2 Å². The third kappa shape index (κ3) is 2.02. The summed E-state index contributed by atoms with van der Waals surface area (Å²) in [6.07, 6.45) is 2.47. The summed E-state index contributed by atoms with van der Waals surface area (Å²) in [6.45, 7) is 0.553. The van der Waals surface area contributed by atoms with Gasteiger partial charge in [-0.2, -0.15) is 0 Å². The number of carbonyl (C=O) groups excluding carboxylic acids is 1. The smallest absolute Gasteiger partial charge is 0.231 e. The molecular formula is C12H9NO4S. The third-order valence-corrected chi connectivity index (χ3v) is 3.24. The fourth-order valence-electron chi connectivity index (χ4n) is 1.62. The summed E-state index contributed by atoms with van der Waals surface area (Å²) >= 11 is 1.50. The first-order valence-electron chi connectivity index (χ1n) is 5.26. The standard InChI is InChI=1S/C12H9NO4S/c14-4-8-1-11-12(17-7-16-11)2-10(8)15-5-9-3-13-6-18-9/h1-4,6H,5,7H2. The molecule has 0 bridgehead atoms. The van der Waals surface area contributed by atoms with Gasteiger partial charge in [-0.15, -0.1) is 11.3 Å². The van der Waals surface area contributed by atoms with E-state index >= 15 is 0 Å². The highest BCUT2D eigenvalue weighted by Crippen LogP contribution is 2.37. The monoisotopic (exact) mass is 263 g/mol. The van der Waals surface area contributed by atoms with E-state index < -0.39 is 0 Å². The summed E-state index contributed by atoms with van der Waals surface area (Å²) in [5.41, 5.74) is 2.18. The van der Waals surface area contributed by atoms with E-state index in [9.17, 15) is 4.79 Å². The lowest BCUT2D eigenvalue weighted by Crippen LogP contribution is -1.96. The van der Waals surface area contributed by atoms with Gasteiger partial charge in [0.2, 0.25) is 6.79 Å². The fraction of sp³-hybridized carbons (Fsp3) is 0.167. The van der Waals surface area contributed by atoms with Gasteiger partial charge in [0.1, 0.15) is 12.4 Å². The summed E-state index contributed by atoms with van der Waals surface area (Å²) < 4.78 is 16.1. The lowest BCUT2D eigenvalue weighted by atomic mass is 10.2. The van der Waals surface area contributed by atoms with Crippen molar-refractivity contribution in [3.63, 3.8) is 0 Å². The number of nitrogens with zero attached hydrogens (tertiary/aromatic N) is 1. The summed E-state index contributed by atoms with van der Waals surface area (Å²) in [5.74, 6) is 1.66. The van der Waals surface area contributed by atoms with Crippen molar-refractivity contribution in [1.29, 1.82) is 0 Å². The summed E-state index contributed by atoms with van der Waals surface area (Å²) in [4.78, 5) is 16.0. The van der Waals surface area contributed by atoms with Gasteiger partial charge in [0.25, 0.3) is 0 Å².